The number of allylic oxidation sites excluding steroid dienone is 2. The maximum Gasteiger partial charge on any atom is 0.318 e. The van der Waals surface area contributed by atoms with E-state index < -0.39 is 5.91 Å². The zero-order valence-corrected chi connectivity index (χ0v) is 6.43. The Hall–Kier alpha value is -1.45. The molecule has 1 amide bonds. The molecule has 1 aliphatic heterocycles. The SMILES string of the molecule is CC1=C(C)C(=[N-])C(=[NH2+])C(=O)N1. The highest BCUT2D eigenvalue weighted by Gasteiger charge is 2.22. The molecule has 1 heterocycles. The minimum atomic E-state index is -0.439. The summed E-state index contributed by atoms with van der Waals surface area (Å²) in [6.07, 6.45) is 0. The van der Waals surface area contributed by atoms with Gasteiger partial charge >= 0.3 is 5.91 Å². The first-order valence-electron chi connectivity index (χ1n) is 3.22. The standard InChI is InChI=1S/C7H8N3O/c1-3-4(2)10-7(11)6(9)5(3)8/h9H,1-2H3,(H,10,11)/q-1/p+1. The van der Waals surface area contributed by atoms with Crippen molar-refractivity contribution in [2.24, 2.45) is 0 Å². The van der Waals surface area contributed by atoms with Gasteiger partial charge in [0.25, 0.3) is 0 Å². The van der Waals surface area contributed by atoms with Crippen molar-refractivity contribution in [3.63, 3.8) is 0 Å². The summed E-state index contributed by atoms with van der Waals surface area (Å²) in [5, 5.41) is 17.0. The van der Waals surface area contributed by atoms with Gasteiger partial charge in [0.15, 0.2) is 0 Å². The number of hydrogen-bond acceptors (Lipinski definition) is 1. The molecule has 1 rings (SSSR count). The monoisotopic (exact) mass is 151 g/mol. The summed E-state index contributed by atoms with van der Waals surface area (Å²) in [6.45, 7) is 3.40. The van der Waals surface area contributed by atoms with Crippen LogP contribution in [0.15, 0.2) is 11.3 Å². The minimum absolute atomic E-state index is 0.117. The molecule has 0 aromatic carbocycles. The average molecular weight is 151 g/mol. The van der Waals surface area contributed by atoms with Crippen LogP contribution in [0.2, 0.25) is 0 Å². The molecular formula is C7H9N3O. The predicted molar refractivity (Wildman–Crippen MR) is 41.8 cm³/mol. The van der Waals surface area contributed by atoms with Gasteiger partial charge in [-0.3, -0.25) is 10.2 Å². The lowest BCUT2D eigenvalue weighted by Gasteiger charge is -2.19. The Morgan fingerprint density at radius 1 is 1.45 bits per heavy atom. The van der Waals surface area contributed by atoms with E-state index >= 15 is 0 Å². The summed E-state index contributed by atoms with van der Waals surface area (Å²) in [6, 6.07) is 0. The number of rotatable bonds is 0. The molecule has 0 atom stereocenters. The second-order valence-electron chi connectivity index (χ2n) is 2.47. The third-order valence-electron chi connectivity index (χ3n) is 1.72. The van der Waals surface area contributed by atoms with Gasteiger partial charge in [0.05, 0.1) is 0 Å². The van der Waals surface area contributed by atoms with E-state index in [0.717, 1.165) is 0 Å². The van der Waals surface area contributed by atoms with E-state index in [9.17, 15) is 10.2 Å². The van der Waals surface area contributed by atoms with E-state index in [1.165, 1.54) is 0 Å². The number of nitrogens with two attached hydrogens (primary N) is 1. The number of amides is 1. The molecule has 3 N–H and O–H groups in total. The topological polar surface area (TPSA) is 77.0 Å². The Morgan fingerprint density at radius 2 is 2.00 bits per heavy atom. The Labute approximate surface area is 64.3 Å². The first kappa shape index (κ1) is 7.65. The third kappa shape index (κ3) is 1.07. The van der Waals surface area contributed by atoms with Crippen LogP contribution in [-0.2, 0) is 4.79 Å². The fraction of sp³-hybridized carbons (Fsp3) is 0.286. The maximum atomic E-state index is 10.9. The maximum absolute atomic E-state index is 10.9. The number of carbonyl (C=O) groups excluding carboxylic acids is 1. The molecular weight excluding hydrogens is 142 g/mol. The van der Waals surface area contributed by atoms with Gasteiger partial charge in [0.1, 0.15) is 0 Å². The Kier molecular flexibility index (Phi) is 1.60. The molecule has 0 fully saturated rings. The van der Waals surface area contributed by atoms with E-state index in [4.69, 9.17) is 5.41 Å². The van der Waals surface area contributed by atoms with E-state index in [1.54, 1.807) is 13.8 Å². The number of hydrogen-bond donors (Lipinski definition) is 2. The summed E-state index contributed by atoms with van der Waals surface area (Å²) >= 11 is 0. The molecule has 0 bridgehead atoms. The molecule has 11 heavy (non-hydrogen) atoms. The first-order valence-corrected chi connectivity index (χ1v) is 3.22. The van der Waals surface area contributed by atoms with Gasteiger partial charge in [0.2, 0.25) is 5.71 Å². The molecule has 0 aromatic rings. The van der Waals surface area contributed by atoms with Gasteiger partial charge < -0.3 is 10.7 Å². The fourth-order valence-corrected chi connectivity index (χ4v) is 0.819. The molecule has 0 aromatic heterocycles. The lowest BCUT2D eigenvalue weighted by molar-refractivity contribution is -0.133. The molecule has 0 radical (unpaired) electrons. The second kappa shape index (κ2) is 2.30. The number of nitrogens with zero attached hydrogens (tertiary/aromatic N) is 1. The van der Waals surface area contributed by atoms with E-state index in [1.807, 2.05) is 0 Å². The van der Waals surface area contributed by atoms with E-state index in [-0.39, 0.29) is 11.4 Å². The lowest BCUT2D eigenvalue weighted by atomic mass is 10.0. The van der Waals surface area contributed by atoms with Crippen LogP contribution in [0.4, 0.5) is 0 Å². The molecule has 58 valence electrons. The molecule has 1 aliphatic rings. The van der Waals surface area contributed by atoms with Gasteiger partial charge in [-0.1, -0.05) is 5.71 Å². The van der Waals surface area contributed by atoms with Crippen molar-refractivity contribution < 1.29 is 10.2 Å². The number of carbonyl (C=O) groups is 1. The summed E-state index contributed by atoms with van der Waals surface area (Å²) in [7, 11) is 0. The quantitative estimate of drug-likeness (QED) is 0.440. The van der Waals surface area contributed by atoms with Crippen LogP contribution in [0, 0.1) is 0 Å². The molecule has 0 unspecified atom stereocenters. The van der Waals surface area contributed by atoms with Crippen LogP contribution in [0.1, 0.15) is 13.8 Å². The smallest absolute Gasteiger partial charge is 0.318 e. The van der Waals surface area contributed by atoms with Crippen molar-refractivity contribution in [1.82, 2.24) is 5.32 Å². The third-order valence-corrected chi connectivity index (χ3v) is 1.72. The summed E-state index contributed by atoms with van der Waals surface area (Å²) in [4.78, 5) is 10.9. The highest BCUT2D eigenvalue weighted by atomic mass is 16.1. The van der Waals surface area contributed by atoms with Gasteiger partial charge in [-0.05, 0) is 19.4 Å². The van der Waals surface area contributed by atoms with Gasteiger partial charge in [-0.15, -0.1) is 0 Å². The van der Waals surface area contributed by atoms with Gasteiger partial charge in [0, 0.05) is 5.70 Å². The van der Waals surface area contributed by atoms with Crippen molar-refractivity contribution in [2.45, 2.75) is 13.8 Å². The highest BCUT2D eigenvalue weighted by molar-refractivity contribution is 6.69. The highest BCUT2D eigenvalue weighted by Crippen LogP contribution is 2.07. The molecule has 4 nitrogen and oxygen atoms in total. The Balaban J connectivity index is 3.15. The van der Waals surface area contributed by atoms with E-state index in [0.29, 0.717) is 11.3 Å². The Bertz CT molecular complexity index is 288. The van der Waals surface area contributed by atoms with Crippen molar-refractivity contribution in [3.05, 3.63) is 16.7 Å². The lowest BCUT2D eigenvalue weighted by Crippen LogP contribution is -2.56. The van der Waals surface area contributed by atoms with Crippen molar-refractivity contribution in [1.29, 1.82) is 0 Å². The van der Waals surface area contributed by atoms with Crippen molar-refractivity contribution in [2.75, 3.05) is 0 Å². The summed E-state index contributed by atoms with van der Waals surface area (Å²) < 4.78 is 0. The molecule has 0 aliphatic carbocycles. The molecule has 0 saturated heterocycles. The van der Waals surface area contributed by atoms with Gasteiger partial charge in [-0.25, -0.2) is 0 Å². The van der Waals surface area contributed by atoms with Crippen LogP contribution in [0.25, 0.3) is 5.41 Å². The molecule has 4 heteroatoms. The molecule has 0 saturated carbocycles. The van der Waals surface area contributed by atoms with Crippen LogP contribution in [0.5, 0.6) is 0 Å². The van der Waals surface area contributed by atoms with Crippen LogP contribution >= 0.6 is 0 Å². The van der Waals surface area contributed by atoms with Crippen molar-refractivity contribution in [3.8, 4) is 0 Å². The number of nitrogens with one attached hydrogen (secondary N) is 1. The normalized spacial score (nSPS) is 18.9. The average Bonchev–Trinajstić information content (AvgIpc) is 1.97. The van der Waals surface area contributed by atoms with Crippen LogP contribution < -0.4 is 10.7 Å². The van der Waals surface area contributed by atoms with Crippen LogP contribution in [-0.4, -0.2) is 17.3 Å². The molecule has 0 spiro atoms. The second-order valence-corrected chi connectivity index (χ2v) is 2.47. The minimum Gasteiger partial charge on any atom is -0.798 e. The largest absolute Gasteiger partial charge is 0.798 e. The zero-order chi connectivity index (χ0) is 8.59. The van der Waals surface area contributed by atoms with Crippen molar-refractivity contribution >= 4 is 17.3 Å². The predicted octanol–water partition coefficient (Wildman–Crippen LogP) is -1.38. The summed E-state index contributed by atoms with van der Waals surface area (Å²) in [5.41, 5.74) is 1.02. The Morgan fingerprint density at radius 3 is 2.55 bits per heavy atom. The van der Waals surface area contributed by atoms with Crippen LogP contribution in [0.3, 0.4) is 0 Å². The fourth-order valence-electron chi connectivity index (χ4n) is 0.819. The first-order chi connectivity index (χ1) is 5.04. The van der Waals surface area contributed by atoms with Gasteiger partial charge in [-0.2, -0.15) is 0 Å². The zero-order valence-electron chi connectivity index (χ0n) is 6.43. The summed E-state index contributed by atoms with van der Waals surface area (Å²) in [5.74, 6) is -0.439. The van der Waals surface area contributed by atoms with E-state index in [2.05, 4.69) is 5.32 Å².